The van der Waals surface area contributed by atoms with E-state index in [1.165, 1.54) is 5.69 Å². The number of hydrogen-bond donors (Lipinski definition) is 2. The third kappa shape index (κ3) is 5.06. The second-order valence-corrected chi connectivity index (χ2v) is 5.62. The second-order valence-electron chi connectivity index (χ2n) is 5.62. The van der Waals surface area contributed by atoms with Gasteiger partial charge in [0.25, 0.3) is 0 Å². The molecule has 1 heterocycles. The first-order valence-corrected chi connectivity index (χ1v) is 7.97. The fraction of sp³-hybridized carbons (Fsp3) is 0.389. The van der Waals surface area contributed by atoms with Gasteiger partial charge < -0.3 is 19.9 Å². The molecule has 0 aliphatic heterocycles. The Bertz CT molecular complexity index is 648. The molecule has 0 unspecified atom stereocenters. The Balaban J connectivity index is 1.97. The molecule has 0 saturated heterocycles. The van der Waals surface area contributed by atoms with E-state index in [0.717, 1.165) is 31.0 Å². The maximum atomic E-state index is 9.51. The maximum Gasteiger partial charge on any atom is 0.194 e. The minimum absolute atomic E-state index is 0.305. The molecule has 2 N–H and O–H groups in total. The summed E-state index contributed by atoms with van der Waals surface area (Å²) in [5.41, 5.74) is 2.33. The highest BCUT2D eigenvalue weighted by molar-refractivity contribution is 5.79. The van der Waals surface area contributed by atoms with Crippen LogP contribution in [0.1, 0.15) is 18.2 Å². The normalized spacial score (nSPS) is 11.5. The van der Waals surface area contributed by atoms with Crippen molar-refractivity contribution in [3.8, 4) is 5.75 Å². The summed E-state index contributed by atoms with van der Waals surface area (Å²) in [6, 6.07) is 11.5. The fourth-order valence-corrected chi connectivity index (χ4v) is 2.45. The lowest BCUT2D eigenvalue weighted by Gasteiger charge is -2.22. The lowest BCUT2D eigenvalue weighted by Crippen LogP contribution is -2.39. The quantitative estimate of drug-likeness (QED) is 0.636. The van der Waals surface area contributed by atoms with E-state index in [9.17, 15) is 5.11 Å². The Kier molecular flexibility index (Phi) is 6.09. The number of nitrogens with one attached hydrogen (secondary N) is 1. The molecule has 0 spiro atoms. The molecular formula is C18H26N4O. The van der Waals surface area contributed by atoms with Crippen LogP contribution >= 0.6 is 0 Å². The Morgan fingerprint density at radius 3 is 2.78 bits per heavy atom. The number of aliphatic imine (C=N–C) groups is 1. The minimum Gasteiger partial charge on any atom is -0.508 e. The molecule has 0 atom stereocenters. The summed E-state index contributed by atoms with van der Waals surface area (Å²) in [6.45, 7) is 4.40. The van der Waals surface area contributed by atoms with Crippen molar-refractivity contribution in [2.45, 2.75) is 19.9 Å². The molecule has 5 nitrogen and oxygen atoms in total. The van der Waals surface area contributed by atoms with Crippen LogP contribution in [0.4, 0.5) is 0 Å². The Labute approximate surface area is 138 Å². The number of aryl methyl sites for hydroxylation is 1. The summed E-state index contributed by atoms with van der Waals surface area (Å²) in [6.07, 6.45) is 2.86. The van der Waals surface area contributed by atoms with Crippen molar-refractivity contribution in [2.24, 2.45) is 12.0 Å². The van der Waals surface area contributed by atoms with Gasteiger partial charge in [-0.05, 0) is 43.2 Å². The molecule has 0 fully saturated rings. The first kappa shape index (κ1) is 16.9. The molecule has 0 amide bonds. The molecule has 0 saturated carbocycles. The fourth-order valence-electron chi connectivity index (χ4n) is 2.45. The van der Waals surface area contributed by atoms with E-state index in [1.807, 2.05) is 19.2 Å². The number of guanidine groups is 1. The highest BCUT2D eigenvalue weighted by Gasteiger charge is 2.08. The van der Waals surface area contributed by atoms with Crippen LogP contribution in [0, 0.1) is 0 Å². The molecule has 1 aromatic carbocycles. The van der Waals surface area contributed by atoms with Crippen molar-refractivity contribution < 1.29 is 5.11 Å². The van der Waals surface area contributed by atoms with Gasteiger partial charge in [-0.3, -0.25) is 4.99 Å². The van der Waals surface area contributed by atoms with Gasteiger partial charge in [-0.1, -0.05) is 12.1 Å². The van der Waals surface area contributed by atoms with Gasteiger partial charge in [0.2, 0.25) is 0 Å². The van der Waals surface area contributed by atoms with Gasteiger partial charge in [-0.2, -0.15) is 0 Å². The lowest BCUT2D eigenvalue weighted by atomic mass is 10.1. The van der Waals surface area contributed by atoms with Gasteiger partial charge in [0.15, 0.2) is 5.96 Å². The summed E-state index contributed by atoms with van der Waals surface area (Å²) in [5, 5.41) is 12.8. The average Bonchev–Trinajstić information content (AvgIpc) is 2.91. The summed E-state index contributed by atoms with van der Waals surface area (Å²) in [5.74, 6) is 1.20. The lowest BCUT2D eigenvalue weighted by molar-refractivity contribution is 0.462. The van der Waals surface area contributed by atoms with Crippen molar-refractivity contribution in [2.75, 3.05) is 20.1 Å². The van der Waals surface area contributed by atoms with Crippen LogP contribution in [0.25, 0.3) is 0 Å². The number of rotatable bonds is 6. The van der Waals surface area contributed by atoms with Gasteiger partial charge >= 0.3 is 0 Å². The van der Waals surface area contributed by atoms with Crippen LogP contribution in [0.2, 0.25) is 0 Å². The van der Waals surface area contributed by atoms with Gasteiger partial charge in [0.05, 0.1) is 6.54 Å². The van der Waals surface area contributed by atoms with Crippen LogP contribution in [0.5, 0.6) is 5.75 Å². The number of phenols is 1. The summed E-state index contributed by atoms with van der Waals surface area (Å²) in [4.78, 5) is 6.82. The molecule has 124 valence electrons. The van der Waals surface area contributed by atoms with Crippen LogP contribution < -0.4 is 5.32 Å². The molecule has 0 radical (unpaired) electrons. The third-order valence-electron chi connectivity index (χ3n) is 3.72. The third-order valence-corrected chi connectivity index (χ3v) is 3.72. The summed E-state index contributed by atoms with van der Waals surface area (Å²) < 4.78 is 2.12. The van der Waals surface area contributed by atoms with Gasteiger partial charge in [-0.15, -0.1) is 0 Å². The van der Waals surface area contributed by atoms with Crippen LogP contribution in [-0.4, -0.2) is 40.7 Å². The zero-order valence-electron chi connectivity index (χ0n) is 14.2. The van der Waals surface area contributed by atoms with Crippen molar-refractivity contribution in [1.82, 2.24) is 14.8 Å². The van der Waals surface area contributed by atoms with Gasteiger partial charge in [0.1, 0.15) is 5.75 Å². The standard InChI is InChI=1S/C18H26N4O/c1-4-19-18(22(3)14-16-8-6-12-21(16)2)20-11-10-15-7-5-9-17(23)13-15/h5-9,12-13,23H,4,10-11,14H2,1-3H3,(H,19,20). The van der Waals surface area contributed by atoms with Gasteiger partial charge in [-0.25, -0.2) is 0 Å². The molecule has 2 aromatic rings. The zero-order valence-corrected chi connectivity index (χ0v) is 14.2. The van der Waals surface area contributed by atoms with E-state index < -0.39 is 0 Å². The number of hydrogen-bond acceptors (Lipinski definition) is 2. The van der Waals surface area contributed by atoms with E-state index in [4.69, 9.17) is 0 Å². The average molecular weight is 314 g/mol. The second kappa shape index (κ2) is 8.27. The molecule has 2 rings (SSSR count). The van der Waals surface area contributed by atoms with E-state index in [-0.39, 0.29) is 0 Å². The van der Waals surface area contributed by atoms with E-state index in [2.05, 4.69) is 52.1 Å². The van der Waals surface area contributed by atoms with Crippen LogP contribution in [-0.2, 0) is 20.0 Å². The Morgan fingerprint density at radius 1 is 1.30 bits per heavy atom. The molecule has 0 aliphatic carbocycles. The minimum atomic E-state index is 0.305. The number of nitrogens with zero attached hydrogens (tertiary/aromatic N) is 3. The van der Waals surface area contributed by atoms with E-state index in [1.54, 1.807) is 12.1 Å². The van der Waals surface area contributed by atoms with E-state index >= 15 is 0 Å². The number of phenolic OH excluding ortho intramolecular Hbond substituents is 1. The van der Waals surface area contributed by atoms with Gasteiger partial charge in [0, 0.05) is 39.1 Å². The number of aromatic nitrogens is 1. The van der Waals surface area contributed by atoms with Crippen LogP contribution in [0.3, 0.4) is 0 Å². The predicted molar refractivity (Wildman–Crippen MR) is 94.7 cm³/mol. The van der Waals surface area contributed by atoms with Crippen LogP contribution in [0.15, 0.2) is 47.6 Å². The van der Waals surface area contributed by atoms with Crippen molar-refractivity contribution in [3.05, 3.63) is 53.9 Å². The molecule has 0 bridgehead atoms. The molecule has 5 heteroatoms. The van der Waals surface area contributed by atoms with E-state index in [0.29, 0.717) is 12.3 Å². The highest BCUT2D eigenvalue weighted by atomic mass is 16.3. The predicted octanol–water partition coefficient (Wildman–Crippen LogP) is 2.37. The smallest absolute Gasteiger partial charge is 0.194 e. The highest BCUT2D eigenvalue weighted by Crippen LogP contribution is 2.11. The Morgan fingerprint density at radius 2 is 2.13 bits per heavy atom. The largest absolute Gasteiger partial charge is 0.508 e. The van der Waals surface area contributed by atoms with Crippen molar-refractivity contribution in [3.63, 3.8) is 0 Å². The molecule has 0 aliphatic rings. The number of aromatic hydroxyl groups is 1. The first-order chi connectivity index (χ1) is 11.1. The Hall–Kier alpha value is -2.43. The SMILES string of the molecule is CCNC(=NCCc1cccc(O)c1)N(C)Cc1cccn1C. The summed E-state index contributed by atoms with van der Waals surface area (Å²) >= 11 is 0. The monoisotopic (exact) mass is 314 g/mol. The van der Waals surface area contributed by atoms with Crippen molar-refractivity contribution >= 4 is 5.96 Å². The zero-order chi connectivity index (χ0) is 16.7. The van der Waals surface area contributed by atoms with Crippen molar-refractivity contribution in [1.29, 1.82) is 0 Å². The first-order valence-electron chi connectivity index (χ1n) is 7.97. The summed E-state index contributed by atoms with van der Waals surface area (Å²) in [7, 11) is 4.10. The molecular weight excluding hydrogens is 288 g/mol. The number of benzene rings is 1. The molecule has 23 heavy (non-hydrogen) atoms. The topological polar surface area (TPSA) is 52.8 Å². The molecule has 1 aromatic heterocycles. The maximum absolute atomic E-state index is 9.51.